The van der Waals surface area contributed by atoms with Crippen molar-refractivity contribution in [3.8, 4) is 5.75 Å². The van der Waals surface area contributed by atoms with Crippen LogP contribution in [0.5, 0.6) is 5.75 Å². The van der Waals surface area contributed by atoms with Crippen LogP contribution in [-0.4, -0.2) is 10.2 Å². The van der Waals surface area contributed by atoms with Gasteiger partial charge in [-0.2, -0.15) is 0 Å². The van der Waals surface area contributed by atoms with Crippen LogP contribution in [0.25, 0.3) is 0 Å². The summed E-state index contributed by atoms with van der Waals surface area (Å²) < 4.78 is 0. The van der Waals surface area contributed by atoms with Gasteiger partial charge in [0.05, 0.1) is 6.61 Å². The molecule has 2 aromatic carbocycles. The Labute approximate surface area is 139 Å². The molecule has 0 aliphatic heterocycles. The minimum absolute atomic E-state index is 0.0306. The van der Waals surface area contributed by atoms with Crippen molar-refractivity contribution in [1.82, 2.24) is 0 Å². The predicted octanol–water partition coefficient (Wildman–Crippen LogP) is 3.19. The molecule has 118 valence electrons. The Morgan fingerprint density at radius 2 is 1.74 bits per heavy atom. The smallest absolute Gasteiger partial charge is 0.126 e. The van der Waals surface area contributed by atoms with E-state index in [4.69, 9.17) is 0 Å². The Kier molecular flexibility index (Phi) is 5.27. The van der Waals surface area contributed by atoms with Crippen molar-refractivity contribution in [3.05, 3.63) is 77.9 Å². The minimum Gasteiger partial charge on any atom is -0.507 e. The predicted molar refractivity (Wildman–Crippen MR) is 98.1 cm³/mol. The third-order valence-corrected chi connectivity index (χ3v) is 5.56. The third-order valence-electron chi connectivity index (χ3n) is 4.13. The summed E-state index contributed by atoms with van der Waals surface area (Å²) in [5.41, 5.74) is 1.93. The zero-order valence-corrected chi connectivity index (χ0v) is 13.9. The van der Waals surface area contributed by atoms with Gasteiger partial charge in [0.25, 0.3) is 0 Å². The SMILES string of the molecule is OCc1ccccc1Pc1cccc(CC2C=CC=CC2)c1O. The fraction of sp³-hybridized carbons (Fsp3) is 0.200. The first-order chi connectivity index (χ1) is 11.3. The molecule has 0 saturated carbocycles. The fourth-order valence-electron chi connectivity index (χ4n) is 2.85. The number of phenols is 1. The number of phenolic OH excluding ortho intramolecular Hbond substituents is 1. The zero-order valence-electron chi connectivity index (χ0n) is 12.9. The average molecular weight is 324 g/mol. The van der Waals surface area contributed by atoms with E-state index >= 15 is 0 Å². The number of allylic oxidation sites excluding steroid dienone is 4. The maximum atomic E-state index is 10.6. The number of hydrogen-bond acceptors (Lipinski definition) is 2. The molecular weight excluding hydrogens is 303 g/mol. The van der Waals surface area contributed by atoms with Gasteiger partial charge in [0.2, 0.25) is 0 Å². The first kappa shape index (κ1) is 16.0. The zero-order chi connectivity index (χ0) is 16.1. The largest absolute Gasteiger partial charge is 0.507 e. The molecule has 3 rings (SSSR count). The number of aromatic hydroxyl groups is 1. The number of para-hydroxylation sites is 1. The van der Waals surface area contributed by atoms with E-state index in [1.165, 1.54) is 0 Å². The van der Waals surface area contributed by atoms with Gasteiger partial charge in [-0.25, -0.2) is 0 Å². The molecule has 0 heterocycles. The van der Waals surface area contributed by atoms with Gasteiger partial charge in [-0.3, -0.25) is 0 Å². The second-order valence-electron chi connectivity index (χ2n) is 5.77. The highest BCUT2D eigenvalue weighted by Gasteiger charge is 2.13. The molecule has 0 spiro atoms. The molecule has 2 atom stereocenters. The maximum Gasteiger partial charge on any atom is 0.126 e. The van der Waals surface area contributed by atoms with E-state index in [1.807, 2.05) is 42.5 Å². The topological polar surface area (TPSA) is 40.5 Å². The van der Waals surface area contributed by atoms with Crippen LogP contribution in [0.4, 0.5) is 0 Å². The molecule has 1 aliphatic carbocycles. The summed E-state index contributed by atoms with van der Waals surface area (Å²) in [6, 6.07) is 13.9. The van der Waals surface area contributed by atoms with Gasteiger partial charge in [-0.15, -0.1) is 0 Å². The molecule has 0 amide bonds. The van der Waals surface area contributed by atoms with Gasteiger partial charge in [-0.05, 0) is 35.2 Å². The van der Waals surface area contributed by atoms with Crippen molar-refractivity contribution in [3.63, 3.8) is 0 Å². The molecule has 0 fully saturated rings. The van der Waals surface area contributed by atoms with Crippen molar-refractivity contribution >= 4 is 19.2 Å². The van der Waals surface area contributed by atoms with Gasteiger partial charge in [-0.1, -0.05) is 75.3 Å². The monoisotopic (exact) mass is 324 g/mol. The molecule has 2 nitrogen and oxygen atoms in total. The van der Waals surface area contributed by atoms with E-state index in [1.54, 1.807) is 0 Å². The van der Waals surface area contributed by atoms with Gasteiger partial charge < -0.3 is 10.2 Å². The molecule has 0 saturated heterocycles. The van der Waals surface area contributed by atoms with Crippen LogP contribution in [0.1, 0.15) is 17.5 Å². The molecule has 3 heteroatoms. The molecule has 23 heavy (non-hydrogen) atoms. The molecule has 0 bridgehead atoms. The highest BCUT2D eigenvalue weighted by Crippen LogP contribution is 2.27. The summed E-state index contributed by atoms with van der Waals surface area (Å²) in [4.78, 5) is 0. The quantitative estimate of drug-likeness (QED) is 0.829. The lowest BCUT2D eigenvalue weighted by molar-refractivity contribution is 0.283. The fourth-order valence-corrected chi connectivity index (χ4v) is 4.10. The Hall–Kier alpha value is -1.89. The Bertz CT molecular complexity index is 734. The van der Waals surface area contributed by atoms with Crippen molar-refractivity contribution in [2.24, 2.45) is 5.92 Å². The van der Waals surface area contributed by atoms with Gasteiger partial charge in [0.1, 0.15) is 5.75 Å². The van der Waals surface area contributed by atoms with E-state index < -0.39 is 0 Å². The lowest BCUT2D eigenvalue weighted by Gasteiger charge is -2.16. The van der Waals surface area contributed by atoms with Crippen LogP contribution in [-0.2, 0) is 13.0 Å². The molecule has 0 aromatic heterocycles. The van der Waals surface area contributed by atoms with Gasteiger partial charge >= 0.3 is 0 Å². The molecule has 2 unspecified atom stereocenters. The van der Waals surface area contributed by atoms with Gasteiger partial charge in [0.15, 0.2) is 0 Å². The lowest BCUT2D eigenvalue weighted by Crippen LogP contribution is -2.11. The maximum absolute atomic E-state index is 10.6. The van der Waals surface area contributed by atoms with E-state index in [0.717, 1.165) is 34.6 Å². The van der Waals surface area contributed by atoms with Crippen LogP contribution in [0.2, 0.25) is 0 Å². The first-order valence-electron chi connectivity index (χ1n) is 7.88. The standard InChI is InChI=1S/C20H21O2P/c21-14-17-9-4-5-11-18(17)23-19-12-6-10-16(20(19)22)13-15-7-2-1-3-8-15/h1-7,9-12,15,21-23H,8,13-14H2. The second kappa shape index (κ2) is 7.59. The van der Waals surface area contributed by atoms with Crippen LogP contribution in [0.15, 0.2) is 66.8 Å². The Morgan fingerprint density at radius 3 is 2.52 bits per heavy atom. The lowest BCUT2D eigenvalue weighted by atomic mass is 9.93. The molecule has 0 radical (unpaired) electrons. The highest BCUT2D eigenvalue weighted by atomic mass is 31.1. The molecule has 1 aliphatic rings. The number of benzene rings is 2. The normalized spacial score (nSPS) is 17.2. The van der Waals surface area contributed by atoms with Crippen LogP contribution < -0.4 is 10.6 Å². The third kappa shape index (κ3) is 3.90. The van der Waals surface area contributed by atoms with Crippen LogP contribution in [0.3, 0.4) is 0 Å². The van der Waals surface area contributed by atoms with E-state index in [9.17, 15) is 10.2 Å². The summed E-state index contributed by atoms with van der Waals surface area (Å²) in [7, 11) is 0.348. The second-order valence-corrected chi connectivity index (χ2v) is 7.09. The highest BCUT2D eigenvalue weighted by molar-refractivity contribution is 7.55. The van der Waals surface area contributed by atoms with Crippen molar-refractivity contribution in [2.45, 2.75) is 19.4 Å². The van der Waals surface area contributed by atoms with Gasteiger partial charge in [0, 0.05) is 5.30 Å². The van der Waals surface area contributed by atoms with Crippen LogP contribution in [0, 0.1) is 5.92 Å². The Morgan fingerprint density at radius 1 is 0.957 bits per heavy atom. The Balaban J connectivity index is 1.82. The summed E-state index contributed by atoms with van der Waals surface area (Å²) in [6.45, 7) is 0.0306. The van der Waals surface area contributed by atoms with Crippen molar-refractivity contribution in [2.75, 3.05) is 0 Å². The van der Waals surface area contributed by atoms with E-state index in [-0.39, 0.29) is 6.61 Å². The van der Waals surface area contributed by atoms with Crippen LogP contribution >= 0.6 is 8.58 Å². The summed E-state index contributed by atoms with van der Waals surface area (Å²) in [5, 5.41) is 22.1. The summed E-state index contributed by atoms with van der Waals surface area (Å²) >= 11 is 0. The summed E-state index contributed by atoms with van der Waals surface area (Å²) in [6.07, 6.45) is 10.4. The molecular formula is C20H21O2P. The number of aliphatic hydroxyl groups excluding tert-OH is 1. The number of rotatable bonds is 5. The first-order valence-corrected chi connectivity index (χ1v) is 8.88. The van der Waals surface area contributed by atoms with Crippen molar-refractivity contribution < 1.29 is 10.2 Å². The van der Waals surface area contributed by atoms with E-state index in [0.29, 0.717) is 20.2 Å². The van der Waals surface area contributed by atoms with Crippen molar-refractivity contribution in [1.29, 1.82) is 0 Å². The summed E-state index contributed by atoms with van der Waals surface area (Å²) in [5.74, 6) is 0.857. The minimum atomic E-state index is 0.0306. The molecule has 2 N–H and O–H groups in total. The number of aliphatic hydroxyl groups is 1. The average Bonchev–Trinajstić information content (AvgIpc) is 2.60. The van der Waals surface area contributed by atoms with E-state index in [2.05, 4.69) is 24.3 Å². The molecule has 2 aromatic rings. The number of hydrogen-bond donors (Lipinski definition) is 2.